The average molecular weight is 763 g/mol. The van der Waals surface area contributed by atoms with Gasteiger partial charge in [-0.2, -0.15) is 0 Å². The van der Waals surface area contributed by atoms with Crippen LogP contribution in [0.15, 0.2) is 73.1 Å². The van der Waals surface area contributed by atoms with Crippen molar-refractivity contribution in [1.29, 1.82) is 0 Å². The van der Waals surface area contributed by atoms with E-state index in [9.17, 15) is 19.2 Å². The van der Waals surface area contributed by atoms with Crippen molar-refractivity contribution in [2.24, 2.45) is 0 Å². The van der Waals surface area contributed by atoms with Gasteiger partial charge in [0, 0.05) is 25.2 Å². The molecule has 2 aromatic heterocycles. The number of aromatic nitrogens is 4. The molecule has 2 saturated heterocycles. The second kappa shape index (κ2) is 17.2. The van der Waals surface area contributed by atoms with E-state index in [0.717, 1.165) is 62.5 Å². The van der Waals surface area contributed by atoms with Crippen LogP contribution in [0.3, 0.4) is 0 Å². The van der Waals surface area contributed by atoms with E-state index in [1.807, 2.05) is 108 Å². The van der Waals surface area contributed by atoms with Crippen molar-refractivity contribution in [2.75, 3.05) is 41.3 Å². The van der Waals surface area contributed by atoms with Crippen LogP contribution in [0, 0.1) is 0 Å². The highest BCUT2D eigenvalue weighted by Gasteiger charge is 2.39. The lowest BCUT2D eigenvalue weighted by molar-refractivity contribution is -0.138. The molecule has 7 rings (SSSR count). The van der Waals surface area contributed by atoms with Crippen LogP contribution in [-0.4, -0.2) is 117 Å². The Hall–Kier alpha value is -5.34. The van der Waals surface area contributed by atoms with Gasteiger partial charge >= 0.3 is 0 Å². The Labute approximate surface area is 328 Å². The lowest BCUT2D eigenvalue weighted by atomic mass is 9.91. The maximum atomic E-state index is 13.8. The zero-order valence-corrected chi connectivity index (χ0v) is 32.8. The number of hydrogen-bond donors (Lipinski definition) is 4. The topological polar surface area (TPSA) is 163 Å². The third kappa shape index (κ3) is 8.41. The molecule has 14 nitrogen and oxygen atoms in total. The van der Waals surface area contributed by atoms with Gasteiger partial charge in [0.25, 0.3) is 11.8 Å². The maximum Gasteiger partial charge on any atom is 0.269 e. The largest absolute Gasteiger partial charge is 0.348 e. The number of rotatable bonds is 12. The molecule has 0 bridgehead atoms. The van der Waals surface area contributed by atoms with Gasteiger partial charge in [0.1, 0.15) is 35.1 Å². The van der Waals surface area contributed by atoms with Gasteiger partial charge in [-0.25, -0.2) is 9.97 Å². The number of aromatic amines is 2. The van der Waals surface area contributed by atoms with E-state index in [1.165, 1.54) is 0 Å². The molecule has 4 aromatic rings. The number of H-pyrrole nitrogens is 2. The number of nitrogens with one attached hydrogen (secondary N) is 4. The number of benzene rings is 2. The third-order valence-electron chi connectivity index (χ3n) is 11.5. The number of likely N-dealkylation sites (N-methyl/N-ethyl adjacent to an activating group) is 2. The van der Waals surface area contributed by atoms with Crippen LogP contribution in [-0.2, 0) is 9.59 Å². The number of carbonyl (C=O) groups excluding carboxylic acids is 4. The molecule has 4 amide bonds. The van der Waals surface area contributed by atoms with Gasteiger partial charge in [0.15, 0.2) is 0 Å². The number of carbonyl (C=O) groups is 4. The van der Waals surface area contributed by atoms with Crippen LogP contribution in [0.2, 0.25) is 0 Å². The number of nitrogens with zero attached hydrogens (tertiary/aromatic N) is 6. The minimum atomic E-state index is -0.409. The molecule has 0 radical (unpaired) electrons. The highest BCUT2D eigenvalue weighted by atomic mass is 16.2. The fourth-order valence-electron chi connectivity index (χ4n) is 8.69. The highest BCUT2D eigenvalue weighted by Crippen LogP contribution is 2.36. The van der Waals surface area contributed by atoms with Crippen molar-refractivity contribution in [3.63, 3.8) is 0 Å². The summed E-state index contributed by atoms with van der Waals surface area (Å²) in [4.78, 5) is 77.5. The van der Waals surface area contributed by atoms with Crippen molar-refractivity contribution in [3.8, 4) is 0 Å². The Balaban J connectivity index is 0.899. The standard InChI is InChI=1S/C42H54N10O4/c1-49(2)35(27-13-7-5-8-14-27)41(55)51-23-11-17-33(51)37-43-25-31(47-37)39(53)45-29-19-21-30(22-20-29)46-40(54)32-26-44-38(48-32)34-18-12-24-52(34)42(56)36(50(3)4)28-15-9-6-10-16-28/h5-10,13-16,25-26,29-30,33-36H,11-12,17-24H2,1-4H3,(H,43,47)(H,44,48)(H,45,53)(H,46,54)/t29?,30?,33-,34-,35+,36+/m0/s1. The molecule has 4 heterocycles. The van der Waals surface area contributed by atoms with E-state index in [4.69, 9.17) is 0 Å². The minimum absolute atomic E-state index is 0.0210. The minimum Gasteiger partial charge on any atom is -0.348 e. The lowest BCUT2D eigenvalue weighted by Gasteiger charge is -2.31. The second-order valence-electron chi connectivity index (χ2n) is 15.8. The summed E-state index contributed by atoms with van der Waals surface area (Å²) >= 11 is 0. The normalized spacial score (nSPS) is 22.3. The summed E-state index contributed by atoms with van der Waals surface area (Å²) in [6.45, 7) is 1.27. The Morgan fingerprint density at radius 2 is 0.982 bits per heavy atom. The van der Waals surface area contributed by atoms with Crippen LogP contribution in [0.1, 0.15) is 119 Å². The van der Waals surface area contributed by atoms with Gasteiger partial charge in [0.05, 0.1) is 24.5 Å². The number of hydrogen-bond acceptors (Lipinski definition) is 8. The molecule has 4 atom stereocenters. The van der Waals surface area contributed by atoms with Crippen LogP contribution >= 0.6 is 0 Å². The molecule has 14 heteroatoms. The van der Waals surface area contributed by atoms with E-state index >= 15 is 0 Å². The first-order valence-electron chi connectivity index (χ1n) is 19.8. The average Bonchev–Trinajstić information content (AvgIpc) is 4.03. The Morgan fingerprint density at radius 3 is 1.34 bits per heavy atom. The Kier molecular flexibility index (Phi) is 12.0. The summed E-state index contributed by atoms with van der Waals surface area (Å²) < 4.78 is 0. The zero-order valence-electron chi connectivity index (χ0n) is 32.8. The highest BCUT2D eigenvalue weighted by molar-refractivity contribution is 5.93. The quantitative estimate of drug-likeness (QED) is 0.164. The van der Waals surface area contributed by atoms with E-state index in [0.29, 0.717) is 36.1 Å². The molecule has 4 N–H and O–H groups in total. The predicted molar refractivity (Wildman–Crippen MR) is 211 cm³/mol. The van der Waals surface area contributed by atoms with E-state index in [1.54, 1.807) is 12.4 Å². The summed E-state index contributed by atoms with van der Waals surface area (Å²) in [7, 11) is 7.65. The SMILES string of the molecule is CN(C)[C@@H](C(=O)N1CCC[C@H]1c1ncc(C(=O)NC2CCC(NC(=O)c3cnc([C@@H]4CCCN4C(=O)[C@@H](c4ccccc4)N(C)C)[nH]3)CC2)[nH]1)c1ccccc1. The van der Waals surface area contributed by atoms with Crippen LogP contribution in [0.25, 0.3) is 0 Å². The van der Waals surface area contributed by atoms with Gasteiger partial charge in [-0.15, -0.1) is 0 Å². The molecule has 2 aliphatic heterocycles. The van der Waals surface area contributed by atoms with Crippen molar-refractivity contribution in [1.82, 2.24) is 50.2 Å². The smallest absolute Gasteiger partial charge is 0.269 e. The van der Waals surface area contributed by atoms with Gasteiger partial charge in [0.2, 0.25) is 11.8 Å². The fraction of sp³-hybridized carbons (Fsp3) is 0.476. The summed E-state index contributed by atoms with van der Waals surface area (Å²) in [6.07, 6.45) is 9.26. The first kappa shape index (κ1) is 38.9. The molecule has 56 heavy (non-hydrogen) atoms. The van der Waals surface area contributed by atoms with Crippen molar-refractivity contribution < 1.29 is 19.2 Å². The molecular formula is C42H54N10O4. The van der Waals surface area contributed by atoms with Crippen LogP contribution in [0.5, 0.6) is 0 Å². The molecule has 1 saturated carbocycles. The van der Waals surface area contributed by atoms with Crippen molar-refractivity contribution in [2.45, 2.75) is 87.6 Å². The maximum absolute atomic E-state index is 13.8. The van der Waals surface area contributed by atoms with Gasteiger partial charge in [-0.1, -0.05) is 60.7 Å². The summed E-state index contributed by atoms with van der Waals surface area (Å²) in [5, 5.41) is 6.29. The van der Waals surface area contributed by atoms with E-state index in [-0.39, 0.29) is 47.8 Å². The number of likely N-dealkylation sites (tertiary alicyclic amines) is 2. The summed E-state index contributed by atoms with van der Waals surface area (Å²) in [5.74, 6) is 0.829. The van der Waals surface area contributed by atoms with Gasteiger partial charge in [-0.3, -0.25) is 29.0 Å². The van der Waals surface area contributed by atoms with Crippen LogP contribution in [0.4, 0.5) is 0 Å². The summed E-state index contributed by atoms with van der Waals surface area (Å²) in [5.41, 5.74) is 2.63. The third-order valence-corrected chi connectivity index (χ3v) is 11.5. The molecule has 296 valence electrons. The number of imidazole rings is 2. The molecule has 3 fully saturated rings. The Morgan fingerprint density at radius 1 is 0.607 bits per heavy atom. The molecule has 3 aliphatic rings. The van der Waals surface area contributed by atoms with E-state index < -0.39 is 12.1 Å². The van der Waals surface area contributed by atoms with E-state index in [2.05, 4.69) is 30.6 Å². The molecule has 0 spiro atoms. The van der Waals surface area contributed by atoms with Gasteiger partial charge < -0.3 is 30.4 Å². The first-order valence-corrected chi connectivity index (χ1v) is 19.8. The lowest BCUT2D eigenvalue weighted by Crippen LogP contribution is -2.44. The first-order chi connectivity index (χ1) is 27.1. The van der Waals surface area contributed by atoms with Gasteiger partial charge in [-0.05, 0) is 90.7 Å². The predicted octanol–water partition coefficient (Wildman–Crippen LogP) is 4.54. The Bertz CT molecular complexity index is 1830. The molecule has 1 aliphatic carbocycles. The molecular weight excluding hydrogens is 709 g/mol. The van der Waals surface area contributed by atoms with Crippen LogP contribution < -0.4 is 10.6 Å². The zero-order chi connectivity index (χ0) is 39.3. The van der Waals surface area contributed by atoms with Crippen molar-refractivity contribution in [3.05, 3.63) is 107 Å². The molecule has 0 unspecified atom stereocenters. The number of amides is 4. The van der Waals surface area contributed by atoms with Crippen molar-refractivity contribution >= 4 is 23.6 Å². The molecule has 2 aromatic carbocycles. The second-order valence-corrected chi connectivity index (χ2v) is 15.8. The monoisotopic (exact) mass is 762 g/mol. The summed E-state index contributed by atoms with van der Waals surface area (Å²) in [6, 6.07) is 18.2. The fourth-order valence-corrected chi connectivity index (χ4v) is 8.69.